The van der Waals surface area contributed by atoms with Crippen LogP contribution in [0.4, 0.5) is 5.69 Å². The standard InChI is InChI=1S/C30H34N4O3/c1-32(2)25-13-9-22(10-14-25)19-33(16-15-24-18-31-28-8-4-3-7-27(24)28)29(35)21-34(30(36)23-11-12-23)20-26-6-5-17-37-26/h3-10,13-14,17-18,23,31H,11-12,15-16,19-21H2,1-2H3. The molecule has 0 spiro atoms. The molecule has 1 fully saturated rings. The summed E-state index contributed by atoms with van der Waals surface area (Å²) in [6, 6.07) is 20.1. The Labute approximate surface area is 217 Å². The van der Waals surface area contributed by atoms with Crippen molar-refractivity contribution >= 4 is 28.4 Å². The molecule has 37 heavy (non-hydrogen) atoms. The SMILES string of the molecule is CN(C)c1ccc(CN(CCc2c[nH]c3ccccc23)C(=O)CN(Cc2ccco2)C(=O)C2CC2)cc1. The van der Waals surface area contributed by atoms with Crippen LogP contribution in [0.25, 0.3) is 10.9 Å². The number of nitrogens with zero attached hydrogens (tertiary/aromatic N) is 3. The van der Waals surface area contributed by atoms with Crippen LogP contribution in [0.5, 0.6) is 0 Å². The molecule has 0 radical (unpaired) electrons. The summed E-state index contributed by atoms with van der Waals surface area (Å²) < 4.78 is 5.49. The first-order valence-corrected chi connectivity index (χ1v) is 12.9. The average molecular weight is 499 g/mol. The van der Waals surface area contributed by atoms with Gasteiger partial charge in [-0.05, 0) is 60.7 Å². The molecule has 1 aliphatic rings. The van der Waals surface area contributed by atoms with Crippen molar-refractivity contribution in [3.63, 3.8) is 0 Å². The molecule has 0 atom stereocenters. The Balaban J connectivity index is 1.34. The van der Waals surface area contributed by atoms with Crippen LogP contribution < -0.4 is 4.90 Å². The van der Waals surface area contributed by atoms with Gasteiger partial charge in [0.15, 0.2) is 0 Å². The van der Waals surface area contributed by atoms with Crippen molar-refractivity contribution in [1.29, 1.82) is 0 Å². The van der Waals surface area contributed by atoms with Crippen LogP contribution in [0.15, 0.2) is 77.5 Å². The smallest absolute Gasteiger partial charge is 0.242 e. The highest BCUT2D eigenvalue weighted by Gasteiger charge is 2.35. The number of hydrogen-bond acceptors (Lipinski definition) is 4. The van der Waals surface area contributed by atoms with E-state index in [2.05, 4.69) is 46.3 Å². The summed E-state index contributed by atoms with van der Waals surface area (Å²) in [6.07, 6.45) is 6.13. The Kier molecular flexibility index (Phi) is 7.30. The summed E-state index contributed by atoms with van der Waals surface area (Å²) in [4.78, 5) is 35.7. The van der Waals surface area contributed by atoms with Gasteiger partial charge in [0.1, 0.15) is 12.3 Å². The van der Waals surface area contributed by atoms with Crippen LogP contribution >= 0.6 is 0 Å². The number of fused-ring (bicyclic) bond motifs is 1. The van der Waals surface area contributed by atoms with Crippen LogP contribution in [0, 0.1) is 5.92 Å². The van der Waals surface area contributed by atoms with Gasteiger partial charge in [0.2, 0.25) is 11.8 Å². The number of aromatic amines is 1. The molecule has 1 saturated carbocycles. The quantitative estimate of drug-likeness (QED) is 0.321. The Bertz CT molecular complexity index is 1340. The van der Waals surface area contributed by atoms with E-state index in [4.69, 9.17) is 4.42 Å². The average Bonchev–Trinajstić information content (AvgIpc) is 3.48. The van der Waals surface area contributed by atoms with Gasteiger partial charge in [0.25, 0.3) is 0 Å². The van der Waals surface area contributed by atoms with Gasteiger partial charge in [0, 0.05) is 55.9 Å². The zero-order valence-electron chi connectivity index (χ0n) is 21.5. The zero-order chi connectivity index (χ0) is 25.8. The molecule has 2 aromatic carbocycles. The molecule has 5 rings (SSSR count). The fourth-order valence-corrected chi connectivity index (χ4v) is 4.66. The molecule has 0 unspecified atom stereocenters. The van der Waals surface area contributed by atoms with Gasteiger partial charge in [0.05, 0.1) is 12.8 Å². The molecule has 7 nitrogen and oxygen atoms in total. The Morgan fingerprint density at radius 1 is 0.946 bits per heavy atom. The highest BCUT2D eigenvalue weighted by molar-refractivity contribution is 5.87. The first-order valence-electron chi connectivity index (χ1n) is 12.9. The van der Waals surface area contributed by atoms with Gasteiger partial charge in [-0.25, -0.2) is 0 Å². The second-order valence-electron chi connectivity index (χ2n) is 10.0. The van der Waals surface area contributed by atoms with E-state index in [-0.39, 0.29) is 24.3 Å². The lowest BCUT2D eigenvalue weighted by atomic mass is 10.1. The van der Waals surface area contributed by atoms with Crippen LogP contribution in [0.2, 0.25) is 0 Å². The maximum atomic E-state index is 13.7. The molecule has 1 N–H and O–H groups in total. The molecule has 0 aliphatic heterocycles. The van der Waals surface area contributed by atoms with Crippen LogP contribution in [0.3, 0.4) is 0 Å². The minimum Gasteiger partial charge on any atom is -0.467 e. The molecule has 4 aromatic rings. The summed E-state index contributed by atoms with van der Waals surface area (Å²) >= 11 is 0. The summed E-state index contributed by atoms with van der Waals surface area (Å²) in [5.41, 5.74) is 4.44. The highest BCUT2D eigenvalue weighted by atomic mass is 16.3. The number of carbonyl (C=O) groups is 2. The van der Waals surface area contributed by atoms with Gasteiger partial charge < -0.3 is 24.1 Å². The van der Waals surface area contributed by atoms with E-state index in [0.717, 1.165) is 36.0 Å². The number of furan rings is 1. The third-order valence-corrected chi connectivity index (χ3v) is 7.00. The lowest BCUT2D eigenvalue weighted by Gasteiger charge is -2.28. The van der Waals surface area contributed by atoms with Crippen molar-refractivity contribution < 1.29 is 14.0 Å². The minimum absolute atomic E-state index is 0.0287. The van der Waals surface area contributed by atoms with Crippen molar-refractivity contribution in [2.45, 2.75) is 32.4 Å². The fraction of sp³-hybridized carbons (Fsp3) is 0.333. The lowest BCUT2D eigenvalue weighted by Crippen LogP contribution is -2.43. The second kappa shape index (κ2) is 10.9. The molecule has 7 heteroatoms. The molecule has 2 amide bonds. The van der Waals surface area contributed by atoms with Gasteiger partial charge in [-0.1, -0.05) is 30.3 Å². The number of amides is 2. The number of hydrogen-bond donors (Lipinski definition) is 1. The van der Waals surface area contributed by atoms with E-state index < -0.39 is 0 Å². The van der Waals surface area contributed by atoms with E-state index in [9.17, 15) is 9.59 Å². The number of carbonyl (C=O) groups excluding carboxylic acids is 2. The first-order chi connectivity index (χ1) is 18.0. The summed E-state index contributed by atoms with van der Waals surface area (Å²) in [7, 11) is 4.02. The van der Waals surface area contributed by atoms with E-state index >= 15 is 0 Å². The molecule has 2 aromatic heterocycles. The molecule has 1 aliphatic carbocycles. The second-order valence-corrected chi connectivity index (χ2v) is 10.0. The van der Waals surface area contributed by atoms with Gasteiger partial charge >= 0.3 is 0 Å². The molecule has 2 heterocycles. The number of benzene rings is 2. The maximum Gasteiger partial charge on any atom is 0.242 e. The van der Waals surface area contributed by atoms with E-state index in [1.807, 2.05) is 49.5 Å². The molecular weight excluding hydrogens is 464 g/mol. The Hall–Kier alpha value is -4.00. The third kappa shape index (κ3) is 6.05. The summed E-state index contributed by atoms with van der Waals surface area (Å²) in [5, 5.41) is 1.17. The van der Waals surface area contributed by atoms with Crippen molar-refractivity contribution in [2.75, 3.05) is 32.1 Å². The van der Waals surface area contributed by atoms with Crippen LogP contribution in [-0.4, -0.2) is 53.8 Å². The maximum absolute atomic E-state index is 13.7. The predicted molar refractivity (Wildman–Crippen MR) is 145 cm³/mol. The van der Waals surface area contributed by atoms with Gasteiger partial charge in [-0.2, -0.15) is 0 Å². The first kappa shape index (κ1) is 24.7. The topological polar surface area (TPSA) is 72.8 Å². The van der Waals surface area contributed by atoms with E-state index in [1.54, 1.807) is 11.2 Å². The highest BCUT2D eigenvalue weighted by Crippen LogP contribution is 2.31. The summed E-state index contributed by atoms with van der Waals surface area (Å²) in [5.74, 6) is 0.696. The fourth-order valence-electron chi connectivity index (χ4n) is 4.66. The van der Waals surface area contributed by atoms with E-state index in [1.165, 1.54) is 10.9 Å². The lowest BCUT2D eigenvalue weighted by molar-refractivity contribution is -0.142. The Morgan fingerprint density at radius 2 is 1.73 bits per heavy atom. The monoisotopic (exact) mass is 498 g/mol. The van der Waals surface area contributed by atoms with Gasteiger partial charge in [-0.3, -0.25) is 9.59 Å². The number of para-hydroxylation sites is 1. The molecular formula is C30H34N4O3. The van der Waals surface area contributed by atoms with Crippen molar-refractivity contribution in [3.05, 3.63) is 90.0 Å². The Morgan fingerprint density at radius 3 is 2.43 bits per heavy atom. The minimum atomic E-state index is -0.0583. The van der Waals surface area contributed by atoms with Crippen molar-refractivity contribution in [2.24, 2.45) is 5.92 Å². The molecule has 0 saturated heterocycles. The number of aromatic nitrogens is 1. The van der Waals surface area contributed by atoms with Crippen LogP contribution in [-0.2, 0) is 29.1 Å². The molecule has 192 valence electrons. The third-order valence-electron chi connectivity index (χ3n) is 7.00. The molecule has 0 bridgehead atoms. The van der Waals surface area contributed by atoms with Gasteiger partial charge in [-0.15, -0.1) is 0 Å². The number of nitrogens with one attached hydrogen (secondary N) is 1. The number of rotatable bonds is 11. The normalized spacial score (nSPS) is 13.0. The zero-order valence-corrected chi connectivity index (χ0v) is 21.5. The van der Waals surface area contributed by atoms with E-state index in [0.29, 0.717) is 25.4 Å². The van der Waals surface area contributed by atoms with Crippen molar-refractivity contribution in [3.8, 4) is 0 Å². The largest absolute Gasteiger partial charge is 0.467 e. The number of anilines is 1. The summed E-state index contributed by atoms with van der Waals surface area (Å²) in [6.45, 7) is 1.39. The van der Waals surface area contributed by atoms with Crippen molar-refractivity contribution in [1.82, 2.24) is 14.8 Å². The van der Waals surface area contributed by atoms with Crippen LogP contribution in [0.1, 0.15) is 29.7 Å². The number of H-pyrrole nitrogens is 1. The predicted octanol–water partition coefficient (Wildman–Crippen LogP) is 4.84.